The van der Waals surface area contributed by atoms with Crippen molar-refractivity contribution in [2.75, 3.05) is 11.9 Å². The maximum absolute atomic E-state index is 8.86. The number of nitriles is 1. The summed E-state index contributed by atoms with van der Waals surface area (Å²) in [6, 6.07) is 4.49. The summed E-state index contributed by atoms with van der Waals surface area (Å²) in [7, 11) is -1.29. The second-order valence-electron chi connectivity index (χ2n) is 7.24. The van der Waals surface area contributed by atoms with Gasteiger partial charge in [0.05, 0.1) is 31.3 Å². The maximum Gasteiger partial charge on any atom is 0.259 e. The standard InChI is InChI=1S/C19H32N5O3P/c1-6-16-17(12-19(26-16)23-18-8-10-21-13-22-18)27-28(25-11-7-9-20)24(14(2)3)15(4)5/h8,10,13-17,19H,6-7,11-12H2,1-5H3,(H,21,22,23)/t16-,17+,19-,28?/m1/s1. The zero-order valence-electron chi connectivity index (χ0n) is 17.4. The largest absolute Gasteiger partial charge is 0.353 e. The minimum atomic E-state index is -1.29. The fourth-order valence-corrected chi connectivity index (χ4v) is 4.99. The zero-order valence-corrected chi connectivity index (χ0v) is 18.3. The number of hydrogen-bond donors (Lipinski definition) is 1. The molecular weight excluding hydrogens is 377 g/mol. The van der Waals surface area contributed by atoms with Gasteiger partial charge in [0.2, 0.25) is 0 Å². The van der Waals surface area contributed by atoms with E-state index in [2.05, 4.69) is 60.6 Å². The van der Waals surface area contributed by atoms with Crippen LogP contribution in [0.3, 0.4) is 0 Å². The summed E-state index contributed by atoms with van der Waals surface area (Å²) in [5.41, 5.74) is 0. The Morgan fingerprint density at radius 3 is 2.71 bits per heavy atom. The van der Waals surface area contributed by atoms with E-state index in [9.17, 15) is 0 Å². The summed E-state index contributed by atoms with van der Waals surface area (Å²) in [5.74, 6) is 0.731. The molecule has 1 aromatic heterocycles. The quantitative estimate of drug-likeness (QED) is 0.432. The minimum absolute atomic E-state index is 0.0231. The van der Waals surface area contributed by atoms with Crippen molar-refractivity contribution in [1.29, 1.82) is 5.26 Å². The van der Waals surface area contributed by atoms with Crippen molar-refractivity contribution in [3.63, 3.8) is 0 Å². The van der Waals surface area contributed by atoms with E-state index in [1.54, 1.807) is 6.20 Å². The van der Waals surface area contributed by atoms with Gasteiger partial charge in [-0.3, -0.25) is 0 Å². The fraction of sp³-hybridized carbons (Fsp3) is 0.737. The van der Waals surface area contributed by atoms with Gasteiger partial charge in [-0.1, -0.05) is 6.92 Å². The molecule has 1 fully saturated rings. The molecular formula is C19H32N5O3P. The Labute approximate surface area is 169 Å². The summed E-state index contributed by atoms with van der Waals surface area (Å²) in [6.45, 7) is 11.0. The number of ether oxygens (including phenoxy) is 1. The number of nitrogens with one attached hydrogen (secondary N) is 1. The summed E-state index contributed by atoms with van der Waals surface area (Å²) >= 11 is 0. The molecule has 0 amide bonds. The van der Waals surface area contributed by atoms with Crippen LogP contribution in [-0.4, -0.2) is 51.8 Å². The Morgan fingerprint density at radius 2 is 2.14 bits per heavy atom. The Balaban J connectivity index is 2.06. The van der Waals surface area contributed by atoms with Gasteiger partial charge >= 0.3 is 0 Å². The predicted molar refractivity (Wildman–Crippen MR) is 109 cm³/mol. The van der Waals surface area contributed by atoms with E-state index in [-0.39, 0.29) is 30.5 Å². The topological polar surface area (TPSA) is 92.5 Å². The van der Waals surface area contributed by atoms with E-state index in [0.29, 0.717) is 19.4 Å². The van der Waals surface area contributed by atoms with Crippen LogP contribution in [0.15, 0.2) is 18.6 Å². The van der Waals surface area contributed by atoms with E-state index in [4.69, 9.17) is 19.0 Å². The smallest absolute Gasteiger partial charge is 0.259 e. The van der Waals surface area contributed by atoms with Crippen LogP contribution >= 0.6 is 8.53 Å². The molecule has 9 heteroatoms. The molecule has 0 radical (unpaired) electrons. The molecule has 4 atom stereocenters. The number of hydrogen-bond acceptors (Lipinski definition) is 8. The van der Waals surface area contributed by atoms with Crippen LogP contribution in [0.25, 0.3) is 0 Å². The molecule has 2 heterocycles. The van der Waals surface area contributed by atoms with Gasteiger partial charge in [0, 0.05) is 24.7 Å². The minimum Gasteiger partial charge on any atom is -0.353 e. The molecule has 1 aliphatic heterocycles. The second-order valence-corrected chi connectivity index (χ2v) is 8.64. The van der Waals surface area contributed by atoms with Crippen molar-refractivity contribution < 1.29 is 13.8 Å². The molecule has 2 rings (SSSR count). The molecule has 1 aliphatic rings. The van der Waals surface area contributed by atoms with Crippen molar-refractivity contribution >= 4 is 14.3 Å². The first-order chi connectivity index (χ1) is 13.5. The van der Waals surface area contributed by atoms with Gasteiger partial charge in [-0.15, -0.1) is 0 Å². The third kappa shape index (κ3) is 6.61. The van der Waals surface area contributed by atoms with Crippen LogP contribution in [-0.2, 0) is 13.8 Å². The maximum atomic E-state index is 8.86. The lowest BCUT2D eigenvalue weighted by molar-refractivity contribution is 0.0187. The van der Waals surface area contributed by atoms with E-state index in [0.717, 1.165) is 12.2 Å². The predicted octanol–water partition coefficient (Wildman–Crippen LogP) is 4.07. The number of anilines is 1. The lowest BCUT2D eigenvalue weighted by Gasteiger charge is -2.37. The molecule has 156 valence electrons. The van der Waals surface area contributed by atoms with Gasteiger partial charge in [-0.05, 0) is 40.2 Å². The first-order valence-electron chi connectivity index (χ1n) is 9.89. The average molecular weight is 409 g/mol. The van der Waals surface area contributed by atoms with Gasteiger partial charge in [-0.25, -0.2) is 14.6 Å². The highest BCUT2D eigenvalue weighted by Gasteiger charge is 2.39. The molecule has 0 bridgehead atoms. The van der Waals surface area contributed by atoms with Crippen LogP contribution in [0.2, 0.25) is 0 Å². The normalized spacial score (nSPS) is 23.3. The second kappa shape index (κ2) is 11.6. The van der Waals surface area contributed by atoms with Crippen molar-refractivity contribution in [1.82, 2.24) is 14.6 Å². The van der Waals surface area contributed by atoms with E-state index in [1.807, 2.05) is 6.07 Å². The molecule has 1 aromatic rings. The van der Waals surface area contributed by atoms with Crippen LogP contribution in [0.5, 0.6) is 0 Å². The van der Waals surface area contributed by atoms with Crippen LogP contribution in [0.4, 0.5) is 5.82 Å². The van der Waals surface area contributed by atoms with Crippen molar-refractivity contribution in [3.05, 3.63) is 18.6 Å². The highest BCUT2D eigenvalue weighted by atomic mass is 31.2. The highest BCUT2D eigenvalue weighted by Crippen LogP contribution is 2.49. The summed E-state index contributed by atoms with van der Waals surface area (Å²) in [4.78, 5) is 8.14. The lowest BCUT2D eigenvalue weighted by Crippen LogP contribution is -2.35. The SMILES string of the molecule is CC[C@H]1O[C@@H](Nc2ccncn2)C[C@@H]1OP(OCCC#N)N(C(C)C)C(C)C. The molecule has 0 spiro atoms. The zero-order chi connectivity index (χ0) is 20.5. The molecule has 1 saturated heterocycles. The number of aromatic nitrogens is 2. The summed E-state index contributed by atoms with van der Waals surface area (Å²) < 4.78 is 20.9. The average Bonchev–Trinajstić information content (AvgIpc) is 3.03. The Kier molecular flexibility index (Phi) is 9.49. The van der Waals surface area contributed by atoms with Gasteiger partial charge in [-0.2, -0.15) is 5.26 Å². The third-order valence-electron chi connectivity index (χ3n) is 4.38. The first-order valence-corrected chi connectivity index (χ1v) is 11.0. The molecule has 0 saturated carbocycles. The monoisotopic (exact) mass is 409 g/mol. The van der Waals surface area contributed by atoms with E-state index >= 15 is 0 Å². The van der Waals surface area contributed by atoms with Gasteiger partial charge in [0.1, 0.15) is 18.4 Å². The molecule has 8 nitrogen and oxygen atoms in total. The highest BCUT2D eigenvalue weighted by molar-refractivity contribution is 7.44. The summed E-state index contributed by atoms with van der Waals surface area (Å²) in [5, 5.41) is 12.2. The van der Waals surface area contributed by atoms with Crippen LogP contribution in [0, 0.1) is 11.3 Å². The molecule has 0 aromatic carbocycles. The Morgan fingerprint density at radius 1 is 1.39 bits per heavy atom. The van der Waals surface area contributed by atoms with Crippen LogP contribution < -0.4 is 5.32 Å². The van der Waals surface area contributed by atoms with Crippen molar-refractivity contribution in [3.8, 4) is 6.07 Å². The first kappa shape index (κ1) is 22.9. The fourth-order valence-electron chi connectivity index (χ4n) is 3.23. The van der Waals surface area contributed by atoms with Gasteiger partial charge < -0.3 is 19.1 Å². The molecule has 0 aliphatic carbocycles. The van der Waals surface area contributed by atoms with E-state index < -0.39 is 8.53 Å². The Bertz CT molecular complexity index is 605. The number of nitrogens with zero attached hydrogens (tertiary/aromatic N) is 4. The molecule has 1 N–H and O–H groups in total. The van der Waals surface area contributed by atoms with Gasteiger partial charge in [0.25, 0.3) is 8.53 Å². The van der Waals surface area contributed by atoms with E-state index in [1.165, 1.54) is 6.33 Å². The van der Waals surface area contributed by atoms with Crippen molar-refractivity contribution in [2.45, 2.75) is 84.4 Å². The lowest BCUT2D eigenvalue weighted by atomic mass is 10.1. The third-order valence-corrected chi connectivity index (χ3v) is 6.54. The van der Waals surface area contributed by atoms with Crippen molar-refractivity contribution in [2.24, 2.45) is 0 Å². The van der Waals surface area contributed by atoms with Crippen LogP contribution in [0.1, 0.15) is 53.9 Å². The Hall–Kier alpha value is -1.36. The molecule has 1 unspecified atom stereocenters. The van der Waals surface area contributed by atoms with Gasteiger partial charge in [0.15, 0.2) is 0 Å². The molecule has 28 heavy (non-hydrogen) atoms. The summed E-state index contributed by atoms with van der Waals surface area (Å²) in [6.07, 6.45) is 4.82. The number of rotatable bonds is 11.